The molecule has 0 aliphatic heterocycles. The van der Waals surface area contributed by atoms with Crippen LogP contribution in [0.25, 0.3) is 0 Å². The summed E-state index contributed by atoms with van der Waals surface area (Å²) >= 11 is 0. The Balaban J connectivity index is 5.41. The van der Waals surface area contributed by atoms with Crippen molar-refractivity contribution in [3.05, 3.63) is 11.6 Å². The predicted molar refractivity (Wildman–Crippen MR) is 75.0 cm³/mol. The van der Waals surface area contributed by atoms with Gasteiger partial charge in [-0.2, -0.15) is 0 Å². The summed E-state index contributed by atoms with van der Waals surface area (Å²) in [6, 6.07) is 0. The fourth-order valence-corrected chi connectivity index (χ4v) is 2.26. The normalized spacial score (nSPS) is 13.7. The van der Waals surface area contributed by atoms with Gasteiger partial charge in [0.15, 0.2) is 0 Å². The summed E-state index contributed by atoms with van der Waals surface area (Å²) < 4.78 is 0. The van der Waals surface area contributed by atoms with E-state index in [4.69, 9.17) is 5.11 Å². The van der Waals surface area contributed by atoms with Gasteiger partial charge in [-0.25, -0.2) is 9.59 Å². The maximum Gasteiger partial charge on any atom is 0.332 e. The van der Waals surface area contributed by atoms with E-state index in [9.17, 15) is 14.7 Å². The molecule has 0 spiro atoms. The molecule has 0 saturated heterocycles. The number of carbonyl (C=O) groups is 2. The molecule has 0 atom stereocenters. The van der Waals surface area contributed by atoms with Crippen LogP contribution in [0.4, 0.5) is 0 Å². The number of carboxylic acids is 2. The van der Waals surface area contributed by atoms with E-state index in [1.807, 2.05) is 41.5 Å². The van der Waals surface area contributed by atoms with Crippen molar-refractivity contribution in [3.63, 3.8) is 0 Å². The minimum absolute atomic E-state index is 0.00245. The molecule has 4 nitrogen and oxygen atoms in total. The first-order valence-corrected chi connectivity index (χ1v) is 6.50. The second kappa shape index (κ2) is 6.22. The third-order valence-corrected chi connectivity index (χ3v) is 2.68. The molecular weight excluding hydrogens is 244 g/mol. The van der Waals surface area contributed by atoms with Crippen LogP contribution in [0, 0.1) is 16.7 Å². The highest BCUT2D eigenvalue weighted by molar-refractivity contribution is 5.95. The summed E-state index contributed by atoms with van der Waals surface area (Å²) in [5, 5.41) is 18.1. The number of aliphatic carboxylic acids is 2. The summed E-state index contributed by atoms with van der Waals surface area (Å²) in [7, 11) is 0. The molecule has 4 heteroatoms. The zero-order valence-electron chi connectivity index (χ0n) is 12.8. The van der Waals surface area contributed by atoms with Crippen LogP contribution < -0.4 is 0 Å². The lowest BCUT2D eigenvalue weighted by Crippen LogP contribution is -2.24. The number of carboxylic acid groups (broad SMARTS) is 2. The smallest absolute Gasteiger partial charge is 0.332 e. The van der Waals surface area contributed by atoms with Crippen molar-refractivity contribution in [2.45, 2.75) is 54.4 Å². The molecular formula is C15H26O4. The molecule has 0 fully saturated rings. The molecule has 0 unspecified atom stereocenters. The quantitative estimate of drug-likeness (QED) is 0.749. The number of hydrogen-bond acceptors (Lipinski definition) is 2. The van der Waals surface area contributed by atoms with E-state index in [0.717, 1.165) is 6.08 Å². The van der Waals surface area contributed by atoms with E-state index < -0.39 is 11.9 Å². The van der Waals surface area contributed by atoms with Crippen LogP contribution >= 0.6 is 0 Å². The molecule has 0 radical (unpaired) electrons. The topological polar surface area (TPSA) is 74.6 Å². The van der Waals surface area contributed by atoms with Crippen molar-refractivity contribution in [1.82, 2.24) is 0 Å². The first kappa shape index (κ1) is 17.7. The molecule has 0 aromatic rings. The zero-order valence-corrected chi connectivity index (χ0v) is 12.8. The van der Waals surface area contributed by atoms with Gasteiger partial charge in [-0.3, -0.25) is 0 Å². The Morgan fingerprint density at radius 3 is 1.53 bits per heavy atom. The SMILES string of the molecule is CC(C)(C)CC(CC(C)(C)C)/C(=C/C(=O)O)C(=O)O. The first-order chi connectivity index (χ1) is 8.32. The highest BCUT2D eigenvalue weighted by Crippen LogP contribution is 2.37. The minimum Gasteiger partial charge on any atom is -0.478 e. The number of rotatable bonds is 5. The van der Waals surface area contributed by atoms with Crippen molar-refractivity contribution in [3.8, 4) is 0 Å². The van der Waals surface area contributed by atoms with E-state index in [0.29, 0.717) is 12.8 Å². The van der Waals surface area contributed by atoms with Gasteiger partial charge in [0.1, 0.15) is 0 Å². The van der Waals surface area contributed by atoms with Gasteiger partial charge in [-0.1, -0.05) is 41.5 Å². The molecule has 0 rings (SSSR count). The average Bonchev–Trinajstić information content (AvgIpc) is 2.07. The molecule has 0 bridgehead atoms. The summed E-state index contributed by atoms with van der Waals surface area (Å²) in [6.45, 7) is 12.2. The molecule has 0 aromatic heterocycles. The summed E-state index contributed by atoms with van der Waals surface area (Å²) in [5.74, 6) is -2.60. The fourth-order valence-electron chi connectivity index (χ4n) is 2.26. The van der Waals surface area contributed by atoms with Crippen LogP contribution in [0.3, 0.4) is 0 Å². The van der Waals surface area contributed by atoms with E-state index in [1.54, 1.807) is 0 Å². The standard InChI is InChI=1S/C15H26O4/c1-14(2,3)8-10(9-15(4,5)6)11(13(18)19)7-12(16)17/h7,10H,8-9H2,1-6H3,(H,16,17)(H,18,19)/b11-7-. The van der Waals surface area contributed by atoms with Gasteiger partial charge in [0, 0.05) is 11.6 Å². The molecule has 0 saturated carbocycles. The molecule has 2 N–H and O–H groups in total. The van der Waals surface area contributed by atoms with E-state index in [2.05, 4.69) is 0 Å². The second-order valence-electron chi connectivity index (χ2n) is 7.47. The van der Waals surface area contributed by atoms with Gasteiger partial charge < -0.3 is 10.2 Å². The van der Waals surface area contributed by atoms with E-state index in [1.165, 1.54) is 0 Å². The van der Waals surface area contributed by atoms with Crippen LogP contribution in [-0.2, 0) is 9.59 Å². The maximum absolute atomic E-state index is 11.3. The van der Waals surface area contributed by atoms with Crippen molar-refractivity contribution < 1.29 is 19.8 Å². The Morgan fingerprint density at radius 1 is 0.947 bits per heavy atom. The summed E-state index contributed by atoms with van der Waals surface area (Å²) in [5.41, 5.74) is -0.108. The molecule has 0 aromatic carbocycles. The van der Waals surface area contributed by atoms with Crippen molar-refractivity contribution >= 4 is 11.9 Å². The van der Waals surface area contributed by atoms with Gasteiger partial charge in [0.2, 0.25) is 0 Å². The van der Waals surface area contributed by atoms with Crippen LogP contribution in [0.5, 0.6) is 0 Å². The maximum atomic E-state index is 11.3. The lowest BCUT2D eigenvalue weighted by Gasteiger charge is -2.31. The van der Waals surface area contributed by atoms with Gasteiger partial charge in [-0.15, -0.1) is 0 Å². The highest BCUT2D eigenvalue weighted by Gasteiger charge is 2.30. The van der Waals surface area contributed by atoms with Crippen molar-refractivity contribution in [1.29, 1.82) is 0 Å². The van der Waals surface area contributed by atoms with Gasteiger partial charge in [-0.05, 0) is 29.6 Å². The molecule has 0 amide bonds. The fraction of sp³-hybridized carbons (Fsp3) is 0.733. The lowest BCUT2D eigenvalue weighted by molar-refractivity contribution is -0.135. The van der Waals surface area contributed by atoms with Gasteiger partial charge >= 0.3 is 11.9 Å². The predicted octanol–water partition coefficient (Wildman–Crippen LogP) is 3.57. The van der Waals surface area contributed by atoms with Crippen LogP contribution in [0.2, 0.25) is 0 Å². The molecule has 19 heavy (non-hydrogen) atoms. The van der Waals surface area contributed by atoms with Crippen molar-refractivity contribution in [2.24, 2.45) is 16.7 Å². The molecule has 0 heterocycles. The Hall–Kier alpha value is -1.32. The Morgan fingerprint density at radius 2 is 1.32 bits per heavy atom. The number of hydrogen-bond donors (Lipinski definition) is 2. The minimum atomic E-state index is -1.20. The largest absolute Gasteiger partial charge is 0.478 e. The third kappa shape index (κ3) is 8.41. The second-order valence-corrected chi connectivity index (χ2v) is 7.47. The molecule has 110 valence electrons. The van der Waals surface area contributed by atoms with Crippen LogP contribution in [-0.4, -0.2) is 22.2 Å². The first-order valence-electron chi connectivity index (χ1n) is 6.50. The monoisotopic (exact) mass is 270 g/mol. The van der Waals surface area contributed by atoms with E-state index in [-0.39, 0.29) is 22.3 Å². The molecule has 0 aliphatic carbocycles. The Kier molecular flexibility index (Phi) is 5.79. The van der Waals surface area contributed by atoms with Crippen molar-refractivity contribution in [2.75, 3.05) is 0 Å². The van der Waals surface area contributed by atoms with Crippen LogP contribution in [0.15, 0.2) is 11.6 Å². The zero-order chi connectivity index (χ0) is 15.4. The summed E-state index contributed by atoms with van der Waals surface area (Å²) in [6.07, 6.45) is 2.13. The Bertz CT molecular complexity index is 351. The lowest BCUT2D eigenvalue weighted by atomic mass is 9.73. The summed E-state index contributed by atoms with van der Waals surface area (Å²) in [4.78, 5) is 22.1. The Labute approximate surface area is 115 Å². The average molecular weight is 270 g/mol. The molecule has 0 aliphatic rings. The van der Waals surface area contributed by atoms with Gasteiger partial charge in [0.05, 0.1) is 0 Å². The van der Waals surface area contributed by atoms with E-state index >= 15 is 0 Å². The highest BCUT2D eigenvalue weighted by atomic mass is 16.4. The third-order valence-electron chi connectivity index (χ3n) is 2.68. The van der Waals surface area contributed by atoms with Crippen LogP contribution in [0.1, 0.15) is 54.4 Å². The van der Waals surface area contributed by atoms with Gasteiger partial charge in [0.25, 0.3) is 0 Å².